The van der Waals surface area contributed by atoms with Crippen molar-refractivity contribution < 1.29 is 0 Å². The van der Waals surface area contributed by atoms with Crippen LogP contribution in [0.4, 0.5) is 0 Å². The predicted molar refractivity (Wildman–Crippen MR) is 102 cm³/mol. The molecule has 2 aliphatic rings. The van der Waals surface area contributed by atoms with Crippen LogP contribution in [0.1, 0.15) is 62.5 Å². The second-order valence-electron chi connectivity index (χ2n) is 6.89. The third-order valence-electron chi connectivity index (χ3n) is 4.84. The van der Waals surface area contributed by atoms with Gasteiger partial charge in [-0.1, -0.05) is 49.9 Å². The van der Waals surface area contributed by atoms with Crippen LogP contribution in [0.2, 0.25) is 0 Å². The quantitative estimate of drug-likeness (QED) is 0.780. The summed E-state index contributed by atoms with van der Waals surface area (Å²) in [6.45, 7) is 4.38. The zero-order chi connectivity index (χ0) is 16.5. The second-order valence-corrected chi connectivity index (χ2v) is 6.89. The summed E-state index contributed by atoms with van der Waals surface area (Å²) < 4.78 is 0. The molecule has 0 N–H and O–H groups in total. The highest BCUT2D eigenvalue weighted by atomic mass is 15.4. The van der Waals surface area contributed by atoms with E-state index in [1.807, 2.05) is 12.4 Å². The van der Waals surface area contributed by atoms with Crippen molar-refractivity contribution in [2.45, 2.75) is 51.4 Å². The lowest BCUT2D eigenvalue weighted by molar-refractivity contribution is 0.302. The van der Waals surface area contributed by atoms with Gasteiger partial charge in [0, 0.05) is 26.2 Å². The summed E-state index contributed by atoms with van der Waals surface area (Å²) in [6.07, 6.45) is 14.4. The third kappa shape index (κ3) is 5.66. The van der Waals surface area contributed by atoms with Crippen molar-refractivity contribution in [3.05, 3.63) is 35.4 Å². The Bertz CT molecular complexity index is 470. The maximum Gasteiger partial charge on any atom is 0.0542 e. The molecule has 2 heterocycles. The van der Waals surface area contributed by atoms with E-state index < -0.39 is 0 Å². The number of hydrazone groups is 2. The first-order valence-electron chi connectivity index (χ1n) is 9.58. The highest BCUT2D eigenvalue weighted by molar-refractivity contribution is 5.83. The Labute approximate surface area is 146 Å². The van der Waals surface area contributed by atoms with Gasteiger partial charge in [0.25, 0.3) is 0 Å². The molecule has 0 spiro atoms. The number of benzene rings is 1. The molecule has 4 nitrogen and oxygen atoms in total. The fourth-order valence-electron chi connectivity index (χ4n) is 3.30. The van der Waals surface area contributed by atoms with Gasteiger partial charge in [-0.3, -0.25) is 10.0 Å². The standard InChI is InChI=1S/C20H30N4/c1-2-6-14-23(13-5-1)21-17-19-9-11-20(12-10-19)18-22-24-15-7-3-4-8-16-24/h9-12,17-18H,1-8,13-16H2/b21-17-,22-18+. The minimum absolute atomic E-state index is 1.09. The van der Waals surface area contributed by atoms with Gasteiger partial charge in [0.15, 0.2) is 0 Å². The number of hydrogen-bond donors (Lipinski definition) is 0. The molecule has 1 aromatic rings. The summed E-state index contributed by atoms with van der Waals surface area (Å²) in [5.74, 6) is 0. The van der Waals surface area contributed by atoms with Crippen LogP contribution in [0.3, 0.4) is 0 Å². The molecule has 0 radical (unpaired) electrons. The van der Waals surface area contributed by atoms with Crippen LogP contribution in [0.5, 0.6) is 0 Å². The molecule has 0 aromatic heterocycles. The van der Waals surface area contributed by atoms with Crippen LogP contribution >= 0.6 is 0 Å². The van der Waals surface area contributed by atoms with E-state index in [0.29, 0.717) is 0 Å². The van der Waals surface area contributed by atoms with Gasteiger partial charge in [-0.05, 0) is 36.8 Å². The van der Waals surface area contributed by atoms with E-state index in [-0.39, 0.29) is 0 Å². The van der Waals surface area contributed by atoms with Gasteiger partial charge in [-0.25, -0.2) is 0 Å². The Morgan fingerprint density at radius 2 is 0.875 bits per heavy atom. The van der Waals surface area contributed by atoms with Crippen LogP contribution in [0.25, 0.3) is 0 Å². The molecule has 0 aliphatic carbocycles. The van der Waals surface area contributed by atoms with E-state index in [4.69, 9.17) is 0 Å². The van der Waals surface area contributed by atoms with Crippen LogP contribution in [-0.2, 0) is 0 Å². The molecule has 4 heteroatoms. The van der Waals surface area contributed by atoms with Crippen molar-refractivity contribution in [2.75, 3.05) is 26.2 Å². The molecule has 0 unspecified atom stereocenters. The molecule has 2 aliphatic heterocycles. The highest BCUT2D eigenvalue weighted by Gasteiger charge is 2.06. The molecule has 2 fully saturated rings. The van der Waals surface area contributed by atoms with Crippen molar-refractivity contribution in [1.29, 1.82) is 0 Å². The first-order chi connectivity index (χ1) is 11.9. The molecular formula is C20H30N4. The lowest BCUT2D eigenvalue weighted by Crippen LogP contribution is -2.18. The molecular weight excluding hydrogens is 296 g/mol. The van der Waals surface area contributed by atoms with Crippen molar-refractivity contribution in [2.24, 2.45) is 10.2 Å². The van der Waals surface area contributed by atoms with Crippen LogP contribution in [0.15, 0.2) is 34.5 Å². The molecule has 0 saturated carbocycles. The molecule has 0 atom stereocenters. The molecule has 0 amide bonds. The topological polar surface area (TPSA) is 31.2 Å². The summed E-state index contributed by atoms with van der Waals surface area (Å²) >= 11 is 0. The Kier molecular flexibility index (Phi) is 6.70. The zero-order valence-electron chi connectivity index (χ0n) is 14.7. The van der Waals surface area contributed by atoms with Gasteiger partial charge in [0.1, 0.15) is 0 Å². The smallest absolute Gasteiger partial charge is 0.0542 e. The van der Waals surface area contributed by atoms with Crippen molar-refractivity contribution >= 4 is 12.4 Å². The monoisotopic (exact) mass is 326 g/mol. The van der Waals surface area contributed by atoms with E-state index in [2.05, 4.69) is 44.5 Å². The lowest BCUT2D eigenvalue weighted by Gasteiger charge is -2.15. The van der Waals surface area contributed by atoms with Gasteiger partial charge < -0.3 is 0 Å². The second kappa shape index (κ2) is 9.45. The van der Waals surface area contributed by atoms with E-state index in [1.165, 1.54) is 51.4 Å². The number of rotatable bonds is 4. The number of nitrogens with zero attached hydrogens (tertiary/aromatic N) is 4. The third-order valence-corrected chi connectivity index (χ3v) is 4.84. The minimum atomic E-state index is 1.09. The summed E-state index contributed by atoms with van der Waals surface area (Å²) in [6, 6.07) is 8.52. The predicted octanol–water partition coefficient (Wildman–Crippen LogP) is 4.11. The van der Waals surface area contributed by atoms with Gasteiger partial charge in [-0.15, -0.1) is 0 Å². The summed E-state index contributed by atoms with van der Waals surface area (Å²) in [4.78, 5) is 0. The minimum Gasteiger partial charge on any atom is -0.297 e. The molecule has 1 aromatic carbocycles. The van der Waals surface area contributed by atoms with Crippen molar-refractivity contribution in [3.8, 4) is 0 Å². The summed E-state index contributed by atoms with van der Waals surface area (Å²) in [5, 5.41) is 13.7. The molecule has 3 rings (SSSR count). The van der Waals surface area contributed by atoms with Crippen LogP contribution in [0, 0.1) is 0 Å². The fraction of sp³-hybridized carbons (Fsp3) is 0.600. The van der Waals surface area contributed by atoms with Crippen LogP contribution < -0.4 is 0 Å². The van der Waals surface area contributed by atoms with Crippen molar-refractivity contribution in [1.82, 2.24) is 10.0 Å². The highest BCUT2D eigenvalue weighted by Crippen LogP contribution is 2.11. The van der Waals surface area contributed by atoms with Crippen molar-refractivity contribution in [3.63, 3.8) is 0 Å². The Morgan fingerprint density at radius 3 is 1.21 bits per heavy atom. The SMILES string of the molecule is C(=N/N1CCCCCC1)/c1ccc(/C=N/N2CCCCCC2)cc1. The Morgan fingerprint density at radius 1 is 0.542 bits per heavy atom. The average molecular weight is 326 g/mol. The lowest BCUT2D eigenvalue weighted by atomic mass is 10.2. The van der Waals surface area contributed by atoms with Gasteiger partial charge in [0.2, 0.25) is 0 Å². The Balaban J connectivity index is 1.52. The van der Waals surface area contributed by atoms with Gasteiger partial charge in [-0.2, -0.15) is 10.2 Å². The largest absolute Gasteiger partial charge is 0.297 e. The maximum atomic E-state index is 4.64. The van der Waals surface area contributed by atoms with Gasteiger partial charge in [0.05, 0.1) is 12.4 Å². The molecule has 130 valence electrons. The molecule has 0 bridgehead atoms. The first kappa shape index (κ1) is 17.0. The summed E-state index contributed by atoms with van der Waals surface area (Å²) in [5.41, 5.74) is 2.32. The first-order valence-corrected chi connectivity index (χ1v) is 9.58. The van der Waals surface area contributed by atoms with Crippen LogP contribution in [-0.4, -0.2) is 48.6 Å². The Hall–Kier alpha value is -1.84. The van der Waals surface area contributed by atoms with E-state index >= 15 is 0 Å². The zero-order valence-corrected chi connectivity index (χ0v) is 14.7. The maximum absolute atomic E-state index is 4.64. The van der Waals surface area contributed by atoms with E-state index in [0.717, 1.165) is 37.3 Å². The number of hydrogen-bond acceptors (Lipinski definition) is 4. The molecule has 2 saturated heterocycles. The fourth-order valence-corrected chi connectivity index (χ4v) is 3.30. The molecule has 24 heavy (non-hydrogen) atoms. The normalized spacial score (nSPS) is 20.5. The van der Waals surface area contributed by atoms with E-state index in [1.54, 1.807) is 0 Å². The van der Waals surface area contributed by atoms with E-state index in [9.17, 15) is 0 Å². The summed E-state index contributed by atoms with van der Waals surface area (Å²) in [7, 11) is 0. The average Bonchev–Trinajstić information content (AvgIpc) is 3.04. The van der Waals surface area contributed by atoms with Gasteiger partial charge >= 0.3 is 0 Å².